The molecule has 0 aliphatic rings. The minimum atomic E-state index is -0.899. The van der Waals surface area contributed by atoms with Crippen molar-refractivity contribution in [3.8, 4) is 0 Å². The minimum Gasteiger partial charge on any atom is -0.477 e. The van der Waals surface area contributed by atoms with E-state index in [1.165, 1.54) is 11.3 Å². The number of nitrogens with zero attached hydrogens (tertiary/aromatic N) is 1. The summed E-state index contributed by atoms with van der Waals surface area (Å²) in [7, 11) is 1.64. The SMILES string of the molecule is CCCC(OC)c1nc(C(C)C)c(C(=O)O)s1. The van der Waals surface area contributed by atoms with Crippen LogP contribution in [0, 0.1) is 0 Å². The number of aromatic carboxylic acids is 1. The second kappa shape index (κ2) is 6.12. The van der Waals surface area contributed by atoms with E-state index in [1.807, 2.05) is 13.8 Å². The van der Waals surface area contributed by atoms with Gasteiger partial charge in [0.25, 0.3) is 0 Å². The van der Waals surface area contributed by atoms with Crippen LogP contribution in [0.15, 0.2) is 0 Å². The third-order valence-electron chi connectivity index (χ3n) is 2.52. The Morgan fingerprint density at radius 2 is 2.18 bits per heavy atom. The molecule has 0 saturated carbocycles. The van der Waals surface area contributed by atoms with Crippen molar-refractivity contribution in [2.24, 2.45) is 0 Å². The molecule has 1 rings (SSSR count). The van der Waals surface area contributed by atoms with Crippen molar-refractivity contribution >= 4 is 17.3 Å². The maximum absolute atomic E-state index is 11.1. The molecule has 0 fully saturated rings. The normalized spacial score (nSPS) is 13.0. The molecule has 1 atom stereocenters. The first-order chi connectivity index (χ1) is 8.01. The Balaban J connectivity index is 3.10. The van der Waals surface area contributed by atoms with Crippen LogP contribution in [0.4, 0.5) is 0 Å². The van der Waals surface area contributed by atoms with Crippen LogP contribution < -0.4 is 0 Å². The van der Waals surface area contributed by atoms with E-state index in [0.29, 0.717) is 10.6 Å². The number of rotatable bonds is 6. The summed E-state index contributed by atoms with van der Waals surface area (Å²) in [6, 6.07) is 0. The molecule has 0 aliphatic heterocycles. The van der Waals surface area contributed by atoms with Gasteiger partial charge in [-0.15, -0.1) is 11.3 Å². The van der Waals surface area contributed by atoms with Crippen molar-refractivity contribution in [1.82, 2.24) is 4.98 Å². The quantitative estimate of drug-likeness (QED) is 0.848. The van der Waals surface area contributed by atoms with Crippen LogP contribution in [0.5, 0.6) is 0 Å². The second-order valence-corrected chi connectivity index (χ2v) is 5.27. The lowest BCUT2D eigenvalue weighted by Crippen LogP contribution is -2.02. The van der Waals surface area contributed by atoms with Gasteiger partial charge in [0.05, 0.1) is 5.69 Å². The highest BCUT2D eigenvalue weighted by molar-refractivity contribution is 7.13. The van der Waals surface area contributed by atoms with Crippen LogP contribution in [-0.2, 0) is 4.74 Å². The van der Waals surface area contributed by atoms with Crippen LogP contribution >= 0.6 is 11.3 Å². The van der Waals surface area contributed by atoms with Crippen LogP contribution in [0.2, 0.25) is 0 Å². The van der Waals surface area contributed by atoms with Gasteiger partial charge in [-0.3, -0.25) is 0 Å². The van der Waals surface area contributed by atoms with E-state index in [-0.39, 0.29) is 12.0 Å². The average Bonchev–Trinajstić information content (AvgIpc) is 2.70. The highest BCUT2D eigenvalue weighted by Crippen LogP contribution is 2.31. The summed E-state index contributed by atoms with van der Waals surface area (Å²) in [5.41, 5.74) is 0.663. The molecule has 0 saturated heterocycles. The van der Waals surface area contributed by atoms with Crippen molar-refractivity contribution in [3.05, 3.63) is 15.6 Å². The van der Waals surface area contributed by atoms with E-state index in [0.717, 1.165) is 17.8 Å². The standard InChI is InChI=1S/C12H19NO3S/c1-5-6-8(16-4)11-13-9(7(2)3)10(17-11)12(14)15/h7-8H,5-6H2,1-4H3,(H,14,15). The summed E-state index contributed by atoms with van der Waals surface area (Å²) in [4.78, 5) is 15.9. The van der Waals surface area contributed by atoms with Gasteiger partial charge < -0.3 is 9.84 Å². The van der Waals surface area contributed by atoms with Gasteiger partial charge in [-0.25, -0.2) is 9.78 Å². The average molecular weight is 257 g/mol. The smallest absolute Gasteiger partial charge is 0.347 e. The lowest BCUT2D eigenvalue weighted by Gasteiger charge is -2.10. The number of ether oxygens (including phenoxy) is 1. The summed E-state index contributed by atoms with van der Waals surface area (Å²) >= 11 is 1.23. The molecule has 96 valence electrons. The van der Waals surface area contributed by atoms with Gasteiger partial charge in [-0.2, -0.15) is 0 Å². The van der Waals surface area contributed by atoms with Gasteiger partial charge in [0.15, 0.2) is 0 Å². The zero-order chi connectivity index (χ0) is 13.0. The van der Waals surface area contributed by atoms with E-state index in [2.05, 4.69) is 11.9 Å². The lowest BCUT2D eigenvalue weighted by atomic mass is 10.1. The Morgan fingerprint density at radius 3 is 2.53 bits per heavy atom. The number of hydrogen-bond acceptors (Lipinski definition) is 4. The number of hydrogen-bond donors (Lipinski definition) is 1. The summed E-state index contributed by atoms with van der Waals surface area (Å²) < 4.78 is 5.36. The fourth-order valence-corrected chi connectivity index (χ4v) is 2.81. The largest absolute Gasteiger partial charge is 0.477 e. The van der Waals surface area contributed by atoms with Crippen molar-refractivity contribution in [3.63, 3.8) is 0 Å². The van der Waals surface area contributed by atoms with E-state index >= 15 is 0 Å². The molecule has 1 aromatic rings. The van der Waals surface area contributed by atoms with Gasteiger partial charge >= 0.3 is 5.97 Å². The third kappa shape index (κ3) is 3.26. The van der Waals surface area contributed by atoms with E-state index in [4.69, 9.17) is 9.84 Å². The van der Waals surface area contributed by atoms with Crippen LogP contribution in [-0.4, -0.2) is 23.2 Å². The summed E-state index contributed by atoms with van der Waals surface area (Å²) in [6.45, 7) is 5.97. The topological polar surface area (TPSA) is 59.4 Å². The molecule has 1 heterocycles. The molecule has 0 aliphatic carbocycles. The van der Waals surface area contributed by atoms with Crippen LogP contribution in [0.25, 0.3) is 0 Å². The number of carboxylic acids is 1. The fraction of sp³-hybridized carbons (Fsp3) is 0.667. The zero-order valence-electron chi connectivity index (χ0n) is 10.7. The molecule has 0 radical (unpaired) electrons. The number of methoxy groups -OCH3 is 1. The fourth-order valence-electron chi connectivity index (χ4n) is 1.64. The Kier molecular flexibility index (Phi) is 5.08. The molecule has 1 N–H and O–H groups in total. The molecule has 17 heavy (non-hydrogen) atoms. The molecule has 5 heteroatoms. The highest BCUT2D eigenvalue weighted by atomic mass is 32.1. The number of carboxylic acid groups (broad SMARTS) is 1. The Bertz CT molecular complexity index is 387. The Morgan fingerprint density at radius 1 is 1.53 bits per heavy atom. The lowest BCUT2D eigenvalue weighted by molar-refractivity contribution is 0.0700. The number of aromatic nitrogens is 1. The van der Waals surface area contributed by atoms with E-state index in [1.54, 1.807) is 7.11 Å². The van der Waals surface area contributed by atoms with Crippen molar-refractivity contribution in [2.75, 3.05) is 7.11 Å². The first-order valence-electron chi connectivity index (χ1n) is 5.77. The van der Waals surface area contributed by atoms with Gasteiger partial charge in [-0.05, 0) is 12.3 Å². The van der Waals surface area contributed by atoms with Gasteiger partial charge in [0, 0.05) is 7.11 Å². The molecule has 0 bridgehead atoms. The number of carbonyl (C=O) groups is 1. The minimum absolute atomic E-state index is 0.0874. The summed E-state index contributed by atoms with van der Waals surface area (Å²) in [5, 5.41) is 9.92. The van der Waals surface area contributed by atoms with Crippen molar-refractivity contribution in [1.29, 1.82) is 0 Å². The number of thiazole rings is 1. The predicted molar refractivity (Wildman–Crippen MR) is 67.8 cm³/mol. The molecular weight excluding hydrogens is 238 g/mol. The molecule has 0 aromatic carbocycles. The molecule has 4 nitrogen and oxygen atoms in total. The van der Waals surface area contributed by atoms with Gasteiger partial charge in [0.1, 0.15) is 16.0 Å². The first kappa shape index (κ1) is 14.1. The molecule has 1 unspecified atom stereocenters. The third-order valence-corrected chi connectivity index (χ3v) is 3.67. The highest BCUT2D eigenvalue weighted by Gasteiger charge is 2.23. The van der Waals surface area contributed by atoms with Gasteiger partial charge in [-0.1, -0.05) is 27.2 Å². The molecule has 0 spiro atoms. The van der Waals surface area contributed by atoms with Crippen LogP contribution in [0.1, 0.15) is 66.0 Å². The molecule has 0 amide bonds. The summed E-state index contributed by atoms with van der Waals surface area (Å²) in [5.74, 6) is -0.783. The second-order valence-electron chi connectivity index (χ2n) is 4.24. The maximum atomic E-state index is 11.1. The first-order valence-corrected chi connectivity index (χ1v) is 6.59. The van der Waals surface area contributed by atoms with Gasteiger partial charge in [0.2, 0.25) is 0 Å². The Labute approximate surface area is 106 Å². The Hall–Kier alpha value is -0.940. The maximum Gasteiger partial charge on any atom is 0.347 e. The monoisotopic (exact) mass is 257 g/mol. The van der Waals surface area contributed by atoms with Crippen LogP contribution in [0.3, 0.4) is 0 Å². The predicted octanol–water partition coefficient (Wildman–Crippen LogP) is 3.45. The van der Waals surface area contributed by atoms with E-state index < -0.39 is 5.97 Å². The molecular formula is C12H19NO3S. The van der Waals surface area contributed by atoms with Crippen molar-refractivity contribution < 1.29 is 14.6 Å². The van der Waals surface area contributed by atoms with Crippen molar-refractivity contribution in [2.45, 2.75) is 45.6 Å². The molecule has 1 aromatic heterocycles. The zero-order valence-corrected chi connectivity index (χ0v) is 11.5. The summed E-state index contributed by atoms with van der Waals surface area (Å²) in [6.07, 6.45) is 1.76. The van der Waals surface area contributed by atoms with E-state index in [9.17, 15) is 4.79 Å².